The van der Waals surface area contributed by atoms with Gasteiger partial charge in [0.2, 0.25) is 0 Å². The Hall–Kier alpha value is -2.49. The Morgan fingerprint density at radius 1 is 1.33 bits per heavy atom. The first kappa shape index (κ1) is 12.0. The van der Waals surface area contributed by atoms with Gasteiger partial charge >= 0.3 is 5.97 Å². The topological polar surface area (TPSA) is 83.5 Å². The van der Waals surface area contributed by atoms with Gasteiger partial charge in [0.15, 0.2) is 0 Å². The number of rotatable bonds is 2. The van der Waals surface area contributed by atoms with Crippen molar-refractivity contribution in [1.29, 1.82) is 0 Å². The maximum Gasteiger partial charge on any atom is 0.314 e. The van der Waals surface area contributed by atoms with Gasteiger partial charge < -0.3 is 15.9 Å². The number of aromatic hydroxyl groups is 1. The van der Waals surface area contributed by atoms with Gasteiger partial charge in [-0.1, -0.05) is 24.3 Å². The molecule has 18 heavy (non-hydrogen) atoms. The van der Waals surface area contributed by atoms with Gasteiger partial charge in [0.05, 0.1) is 0 Å². The highest BCUT2D eigenvalue weighted by Crippen LogP contribution is 2.26. The van der Waals surface area contributed by atoms with Crippen LogP contribution < -0.4 is 5.73 Å². The smallest absolute Gasteiger partial charge is 0.314 e. The molecular formula is C14H13NO3. The van der Waals surface area contributed by atoms with Gasteiger partial charge in [0.25, 0.3) is 0 Å². The van der Waals surface area contributed by atoms with E-state index in [1.807, 2.05) is 0 Å². The first-order chi connectivity index (χ1) is 8.58. The zero-order valence-corrected chi connectivity index (χ0v) is 9.58. The number of carbonyl (C=O) groups is 1. The molecule has 2 rings (SSSR count). The predicted octanol–water partition coefficient (Wildman–Crippen LogP) is 1.89. The largest absolute Gasteiger partial charge is 0.507 e. The molecule has 0 saturated heterocycles. The lowest BCUT2D eigenvalue weighted by atomic mass is 9.91. The molecule has 0 aromatic heterocycles. The summed E-state index contributed by atoms with van der Waals surface area (Å²) in [5, 5.41) is 18.8. The van der Waals surface area contributed by atoms with E-state index in [0.29, 0.717) is 16.8 Å². The fraction of sp³-hybridized carbons (Fsp3) is 0.0714. The number of phenolic OH excluding ortho intramolecular Hbond substituents is 1. The summed E-state index contributed by atoms with van der Waals surface area (Å²) in [6.45, 7) is 0. The maximum atomic E-state index is 11.1. The highest BCUT2D eigenvalue weighted by Gasteiger charge is 2.20. The van der Waals surface area contributed by atoms with E-state index < -0.39 is 11.9 Å². The molecule has 1 atom stereocenters. The summed E-state index contributed by atoms with van der Waals surface area (Å²) in [5.74, 6) is -1.58. The Balaban J connectivity index is 2.44. The van der Waals surface area contributed by atoms with E-state index in [9.17, 15) is 9.90 Å². The van der Waals surface area contributed by atoms with Crippen LogP contribution in [0.25, 0.3) is 6.08 Å². The lowest BCUT2D eigenvalue weighted by Crippen LogP contribution is -2.16. The lowest BCUT2D eigenvalue weighted by molar-refractivity contribution is -0.138. The SMILES string of the molecule is NC1=CC(=Cc2ccccc2O)C(C(=O)O)C=C1. The van der Waals surface area contributed by atoms with Crippen LogP contribution in [-0.2, 0) is 4.79 Å². The number of para-hydroxylation sites is 1. The van der Waals surface area contributed by atoms with Crippen molar-refractivity contribution in [2.24, 2.45) is 11.7 Å². The molecule has 1 aromatic rings. The minimum Gasteiger partial charge on any atom is -0.507 e. The van der Waals surface area contributed by atoms with Gasteiger partial charge in [-0.25, -0.2) is 0 Å². The average Bonchev–Trinajstić information content (AvgIpc) is 2.32. The first-order valence-electron chi connectivity index (χ1n) is 5.45. The monoisotopic (exact) mass is 243 g/mol. The molecule has 0 radical (unpaired) electrons. The van der Waals surface area contributed by atoms with Crippen LogP contribution in [0.15, 0.2) is 53.8 Å². The number of nitrogens with two attached hydrogens (primary N) is 1. The summed E-state index contributed by atoms with van der Waals surface area (Å²) in [7, 11) is 0. The zero-order chi connectivity index (χ0) is 13.1. The molecule has 0 spiro atoms. The van der Waals surface area contributed by atoms with Crippen LogP contribution in [0, 0.1) is 5.92 Å². The first-order valence-corrected chi connectivity index (χ1v) is 5.45. The molecule has 0 heterocycles. The molecule has 4 N–H and O–H groups in total. The molecule has 0 amide bonds. The highest BCUT2D eigenvalue weighted by molar-refractivity contribution is 5.81. The van der Waals surface area contributed by atoms with Crippen LogP contribution >= 0.6 is 0 Å². The fourth-order valence-corrected chi connectivity index (χ4v) is 1.79. The molecule has 1 unspecified atom stereocenters. The zero-order valence-electron chi connectivity index (χ0n) is 9.58. The number of phenols is 1. The van der Waals surface area contributed by atoms with Crippen molar-refractivity contribution in [2.75, 3.05) is 0 Å². The third-order valence-corrected chi connectivity index (χ3v) is 2.70. The summed E-state index contributed by atoms with van der Waals surface area (Å²) >= 11 is 0. The molecule has 1 aliphatic carbocycles. The van der Waals surface area contributed by atoms with Crippen LogP contribution in [0.2, 0.25) is 0 Å². The minimum atomic E-state index is -0.948. The van der Waals surface area contributed by atoms with Gasteiger partial charge in [-0.15, -0.1) is 0 Å². The number of benzene rings is 1. The van der Waals surface area contributed by atoms with Crippen LogP contribution in [0.1, 0.15) is 5.56 Å². The molecule has 0 bridgehead atoms. The number of allylic oxidation sites excluding steroid dienone is 2. The van der Waals surface area contributed by atoms with Crippen molar-refractivity contribution in [2.45, 2.75) is 0 Å². The van der Waals surface area contributed by atoms with E-state index in [-0.39, 0.29) is 5.75 Å². The second-order valence-corrected chi connectivity index (χ2v) is 4.02. The number of carboxylic acids is 1. The van der Waals surface area contributed by atoms with Gasteiger partial charge in [-0.2, -0.15) is 0 Å². The van der Waals surface area contributed by atoms with Gasteiger partial charge in [-0.05, 0) is 29.9 Å². The quantitative estimate of drug-likeness (QED) is 0.740. The number of hydrogen-bond donors (Lipinski definition) is 3. The Morgan fingerprint density at radius 3 is 2.72 bits per heavy atom. The Morgan fingerprint density at radius 2 is 2.06 bits per heavy atom. The van der Waals surface area contributed by atoms with Crippen molar-refractivity contribution in [3.8, 4) is 5.75 Å². The number of aliphatic carboxylic acids is 1. The summed E-state index contributed by atoms with van der Waals surface area (Å²) in [6.07, 6.45) is 6.33. The van der Waals surface area contributed by atoms with E-state index in [1.165, 1.54) is 6.08 Å². The minimum absolute atomic E-state index is 0.107. The van der Waals surface area contributed by atoms with Crippen LogP contribution in [0.5, 0.6) is 5.75 Å². The number of carboxylic acid groups (broad SMARTS) is 1. The van der Waals surface area contributed by atoms with E-state index in [2.05, 4.69) is 0 Å². The molecule has 1 aromatic carbocycles. The number of hydrogen-bond acceptors (Lipinski definition) is 3. The van der Waals surface area contributed by atoms with Crippen molar-refractivity contribution in [3.63, 3.8) is 0 Å². The second kappa shape index (κ2) is 4.79. The highest BCUT2D eigenvalue weighted by atomic mass is 16.4. The molecule has 4 nitrogen and oxygen atoms in total. The summed E-state index contributed by atoms with van der Waals surface area (Å²) in [6, 6.07) is 6.74. The summed E-state index contributed by atoms with van der Waals surface area (Å²) in [4.78, 5) is 11.1. The van der Waals surface area contributed by atoms with Crippen LogP contribution in [0.4, 0.5) is 0 Å². The fourth-order valence-electron chi connectivity index (χ4n) is 1.79. The van der Waals surface area contributed by atoms with E-state index in [4.69, 9.17) is 10.8 Å². The third kappa shape index (κ3) is 2.43. The maximum absolute atomic E-state index is 11.1. The van der Waals surface area contributed by atoms with Gasteiger partial charge in [0, 0.05) is 11.3 Å². The molecule has 4 heteroatoms. The summed E-state index contributed by atoms with van der Waals surface area (Å²) in [5.41, 5.74) is 7.26. The molecule has 0 saturated carbocycles. The summed E-state index contributed by atoms with van der Waals surface area (Å²) < 4.78 is 0. The van der Waals surface area contributed by atoms with Crippen molar-refractivity contribution in [1.82, 2.24) is 0 Å². The molecular weight excluding hydrogens is 230 g/mol. The van der Waals surface area contributed by atoms with Crippen molar-refractivity contribution in [3.05, 3.63) is 59.3 Å². The normalized spacial score (nSPS) is 20.8. The Kier molecular flexibility index (Phi) is 3.19. The lowest BCUT2D eigenvalue weighted by Gasteiger charge is -2.14. The van der Waals surface area contributed by atoms with Crippen LogP contribution in [-0.4, -0.2) is 16.2 Å². The predicted molar refractivity (Wildman–Crippen MR) is 68.6 cm³/mol. The van der Waals surface area contributed by atoms with Crippen LogP contribution in [0.3, 0.4) is 0 Å². The van der Waals surface area contributed by atoms with Crippen molar-refractivity contribution < 1.29 is 15.0 Å². The van der Waals surface area contributed by atoms with E-state index in [0.717, 1.165) is 0 Å². The Labute approximate surface area is 104 Å². The van der Waals surface area contributed by atoms with E-state index >= 15 is 0 Å². The second-order valence-electron chi connectivity index (χ2n) is 4.02. The van der Waals surface area contributed by atoms with Gasteiger partial charge in [-0.3, -0.25) is 4.79 Å². The molecule has 1 aliphatic rings. The molecule has 92 valence electrons. The molecule has 0 fully saturated rings. The third-order valence-electron chi connectivity index (χ3n) is 2.70. The van der Waals surface area contributed by atoms with Crippen molar-refractivity contribution >= 4 is 12.0 Å². The Bertz CT molecular complexity index is 570. The molecule has 0 aliphatic heterocycles. The van der Waals surface area contributed by atoms with Gasteiger partial charge in [0.1, 0.15) is 11.7 Å². The standard InChI is InChI=1S/C14H13NO3/c15-11-5-6-12(14(17)18)10(8-11)7-9-3-1-2-4-13(9)16/h1-8,12,16H,15H2,(H,17,18). The van der Waals surface area contributed by atoms with E-state index in [1.54, 1.807) is 42.5 Å². The average molecular weight is 243 g/mol.